The van der Waals surface area contributed by atoms with Crippen molar-refractivity contribution in [1.29, 1.82) is 0 Å². The van der Waals surface area contributed by atoms with E-state index >= 15 is 0 Å². The summed E-state index contributed by atoms with van der Waals surface area (Å²) < 4.78 is 9.81. The van der Waals surface area contributed by atoms with Crippen LogP contribution in [0.4, 0.5) is 5.69 Å². The van der Waals surface area contributed by atoms with Crippen LogP contribution in [0.5, 0.6) is 0 Å². The molecule has 0 unspecified atom stereocenters. The molecule has 0 atom stereocenters. The highest BCUT2D eigenvalue weighted by atomic mass is 35.5. The van der Waals surface area contributed by atoms with Crippen LogP contribution < -0.4 is 5.32 Å². The molecule has 1 aromatic carbocycles. The number of cyclic esters (lactones) is 1. The van der Waals surface area contributed by atoms with Crippen LogP contribution in [0.2, 0.25) is 10.0 Å². The molecule has 0 fully saturated rings. The second kappa shape index (κ2) is 5.46. The number of benzene rings is 1. The fourth-order valence-electron chi connectivity index (χ4n) is 1.62. The first kappa shape index (κ1) is 15.5. The van der Waals surface area contributed by atoms with Gasteiger partial charge in [0, 0.05) is 19.5 Å². The molecule has 1 heterocycles. The highest BCUT2D eigenvalue weighted by Crippen LogP contribution is 2.28. The van der Waals surface area contributed by atoms with Gasteiger partial charge in [-0.2, -0.15) is 0 Å². The van der Waals surface area contributed by atoms with Crippen molar-refractivity contribution in [3.63, 3.8) is 0 Å². The zero-order valence-electron chi connectivity index (χ0n) is 11.1. The number of amides is 1. The highest BCUT2D eigenvalue weighted by molar-refractivity contribution is 6.42. The maximum Gasteiger partial charge on any atom is 0.354 e. The van der Waals surface area contributed by atoms with Crippen LogP contribution >= 0.6 is 23.2 Å². The third kappa shape index (κ3) is 3.40. The molecule has 1 amide bonds. The van der Waals surface area contributed by atoms with Crippen LogP contribution in [0, 0.1) is 0 Å². The summed E-state index contributed by atoms with van der Waals surface area (Å²) in [5.41, 5.74) is -0.326. The molecule has 0 saturated heterocycles. The Labute approximate surface area is 130 Å². The van der Waals surface area contributed by atoms with Crippen molar-refractivity contribution < 1.29 is 24.2 Å². The van der Waals surface area contributed by atoms with Gasteiger partial charge in [0.05, 0.1) is 10.0 Å². The van der Waals surface area contributed by atoms with Gasteiger partial charge in [-0.05, 0) is 18.2 Å². The number of esters is 1. The molecule has 0 spiro atoms. The number of aliphatic hydroxyl groups is 1. The van der Waals surface area contributed by atoms with Gasteiger partial charge in [-0.3, -0.25) is 4.79 Å². The number of anilines is 1. The van der Waals surface area contributed by atoms with Crippen LogP contribution in [0.3, 0.4) is 0 Å². The van der Waals surface area contributed by atoms with Crippen molar-refractivity contribution in [2.75, 3.05) is 5.32 Å². The minimum Gasteiger partial charge on any atom is -0.480 e. The molecule has 0 bridgehead atoms. The molecule has 1 aromatic rings. The third-order valence-electron chi connectivity index (χ3n) is 2.50. The van der Waals surface area contributed by atoms with E-state index in [0.29, 0.717) is 10.7 Å². The zero-order valence-corrected chi connectivity index (χ0v) is 12.6. The van der Waals surface area contributed by atoms with Gasteiger partial charge in [0.2, 0.25) is 5.57 Å². The molecule has 8 heteroatoms. The molecule has 112 valence electrons. The number of hydrogen-bond donors (Lipinski definition) is 2. The fraction of sp³-hybridized carbons (Fsp3) is 0.231. The number of nitrogens with one attached hydrogen (secondary N) is 1. The molecule has 2 N–H and O–H groups in total. The molecular formula is C13H11Cl2NO5. The number of carbonyl (C=O) groups is 2. The summed E-state index contributed by atoms with van der Waals surface area (Å²) in [5.74, 6) is -4.00. The van der Waals surface area contributed by atoms with Gasteiger partial charge in [0.15, 0.2) is 0 Å². The third-order valence-corrected chi connectivity index (χ3v) is 3.24. The predicted octanol–water partition coefficient (Wildman–Crippen LogP) is 3.01. The average molecular weight is 332 g/mol. The summed E-state index contributed by atoms with van der Waals surface area (Å²) in [6, 6.07) is 4.37. The minimum absolute atomic E-state index is 0.233. The molecule has 21 heavy (non-hydrogen) atoms. The van der Waals surface area contributed by atoms with E-state index in [1.165, 1.54) is 32.0 Å². The van der Waals surface area contributed by atoms with Crippen molar-refractivity contribution in [3.05, 3.63) is 39.8 Å². The molecule has 1 aliphatic heterocycles. The van der Waals surface area contributed by atoms with E-state index in [0.717, 1.165) is 0 Å². The lowest BCUT2D eigenvalue weighted by molar-refractivity contribution is -0.221. The van der Waals surface area contributed by atoms with Crippen molar-refractivity contribution in [2.45, 2.75) is 19.6 Å². The van der Waals surface area contributed by atoms with Crippen LogP contribution in [0.15, 0.2) is 29.7 Å². The molecule has 0 radical (unpaired) electrons. The van der Waals surface area contributed by atoms with Crippen molar-refractivity contribution in [1.82, 2.24) is 0 Å². The van der Waals surface area contributed by atoms with Gasteiger partial charge in [-0.25, -0.2) is 4.79 Å². The van der Waals surface area contributed by atoms with Crippen molar-refractivity contribution >= 4 is 40.8 Å². The molecular weight excluding hydrogens is 321 g/mol. The first-order valence-electron chi connectivity index (χ1n) is 5.81. The molecule has 0 aromatic heterocycles. The van der Waals surface area contributed by atoms with E-state index in [2.05, 4.69) is 5.32 Å². The summed E-state index contributed by atoms with van der Waals surface area (Å²) in [6.45, 7) is 2.85. The minimum atomic E-state index is -1.34. The summed E-state index contributed by atoms with van der Waals surface area (Å²) in [4.78, 5) is 23.8. The molecule has 2 rings (SSSR count). The first-order chi connectivity index (χ1) is 9.69. The summed E-state index contributed by atoms with van der Waals surface area (Å²) in [6.07, 6.45) is 0. The number of carbonyl (C=O) groups excluding carboxylic acids is 2. The normalized spacial score (nSPS) is 17.0. The van der Waals surface area contributed by atoms with E-state index in [1.807, 2.05) is 0 Å². The smallest absolute Gasteiger partial charge is 0.354 e. The number of aliphatic hydroxyl groups excluding tert-OH is 1. The van der Waals surface area contributed by atoms with Crippen LogP contribution in [0.1, 0.15) is 13.8 Å². The molecule has 0 aliphatic carbocycles. The molecule has 6 nitrogen and oxygen atoms in total. The van der Waals surface area contributed by atoms with E-state index in [4.69, 9.17) is 32.7 Å². The van der Waals surface area contributed by atoms with E-state index in [-0.39, 0.29) is 5.02 Å². The Hall–Kier alpha value is -1.92. The summed E-state index contributed by atoms with van der Waals surface area (Å²) in [5, 5.41) is 12.6. The Bertz CT molecular complexity index is 654. The van der Waals surface area contributed by atoms with E-state index in [9.17, 15) is 14.7 Å². The lowest BCUT2D eigenvalue weighted by Crippen LogP contribution is -2.40. The highest BCUT2D eigenvalue weighted by Gasteiger charge is 2.39. The Kier molecular flexibility index (Phi) is 4.02. The fourth-order valence-corrected chi connectivity index (χ4v) is 1.92. The van der Waals surface area contributed by atoms with Gasteiger partial charge in [0.1, 0.15) is 0 Å². The van der Waals surface area contributed by atoms with Crippen molar-refractivity contribution in [2.24, 2.45) is 0 Å². The number of hydrogen-bond acceptors (Lipinski definition) is 5. The Morgan fingerprint density at radius 1 is 1.24 bits per heavy atom. The maximum absolute atomic E-state index is 12.0. The van der Waals surface area contributed by atoms with Gasteiger partial charge >= 0.3 is 11.9 Å². The maximum atomic E-state index is 12.0. The standard InChI is InChI=1S/C13H11Cl2NO5/c1-13(2)20-11(18)9(12(19)21-13)10(17)16-6-3-4-7(14)8(15)5-6/h3-5,18H,1-2H3,(H,16,17). The molecule has 0 saturated carbocycles. The van der Waals surface area contributed by atoms with E-state index < -0.39 is 29.2 Å². The summed E-state index contributed by atoms with van der Waals surface area (Å²) >= 11 is 11.6. The monoisotopic (exact) mass is 331 g/mol. The van der Waals surface area contributed by atoms with Gasteiger partial charge in [0.25, 0.3) is 11.7 Å². The Morgan fingerprint density at radius 2 is 1.90 bits per heavy atom. The number of ether oxygens (including phenoxy) is 2. The first-order valence-corrected chi connectivity index (χ1v) is 6.57. The second-order valence-electron chi connectivity index (χ2n) is 4.65. The van der Waals surface area contributed by atoms with Crippen LogP contribution in [-0.4, -0.2) is 22.8 Å². The second-order valence-corrected chi connectivity index (χ2v) is 5.47. The van der Waals surface area contributed by atoms with Crippen molar-refractivity contribution in [3.8, 4) is 0 Å². The van der Waals surface area contributed by atoms with Crippen LogP contribution in [-0.2, 0) is 19.1 Å². The Morgan fingerprint density at radius 3 is 2.48 bits per heavy atom. The largest absolute Gasteiger partial charge is 0.480 e. The van der Waals surface area contributed by atoms with Gasteiger partial charge in [-0.1, -0.05) is 23.2 Å². The lowest BCUT2D eigenvalue weighted by atomic mass is 10.2. The quantitative estimate of drug-likeness (QED) is 0.642. The molecule has 1 aliphatic rings. The topological polar surface area (TPSA) is 84.9 Å². The average Bonchev–Trinajstić information content (AvgIpc) is 2.31. The SMILES string of the molecule is CC1(C)OC(=O)C(C(=O)Nc2ccc(Cl)c(Cl)c2)=C(O)O1. The lowest BCUT2D eigenvalue weighted by Gasteiger charge is -2.30. The predicted molar refractivity (Wildman–Crippen MR) is 76.0 cm³/mol. The van der Waals surface area contributed by atoms with Gasteiger partial charge in [-0.15, -0.1) is 0 Å². The number of halogens is 2. The van der Waals surface area contributed by atoms with E-state index in [1.54, 1.807) is 0 Å². The summed E-state index contributed by atoms with van der Waals surface area (Å²) in [7, 11) is 0. The van der Waals surface area contributed by atoms with Crippen LogP contribution in [0.25, 0.3) is 0 Å². The van der Waals surface area contributed by atoms with Gasteiger partial charge < -0.3 is 19.9 Å². The Balaban J connectivity index is 2.24. The number of rotatable bonds is 2. The zero-order chi connectivity index (χ0) is 15.8.